The van der Waals surface area contributed by atoms with Gasteiger partial charge in [0.2, 0.25) is 15.9 Å². The molecule has 184 valence electrons. The third kappa shape index (κ3) is 7.16. The van der Waals surface area contributed by atoms with Crippen LogP contribution in [0.2, 0.25) is 0 Å². The minimum atomic E-state index is -3.73. The number of para-hydroxylation sites is 2. The van der Waals surface area contributed by atoms with E-state index < -0.39 is 22.5 Å². The molecule has 0 atom stereocenters. The first-order valence-electron chi connectivity index (χ1n) is 11.4. The van der Waals surface area contributed by atoms with Crippen molar-refractivity contribution in [2.75, 3.05) is 29.0 Å². The molecule has 0 heterocycles. The number of carbonyl (C=O) groups excluding carboxylic acids is 2. The van der Waals surface area contributed by atoms with Crippen LogP contribution in [0.3, 0.4) is 0 Å². The van der Waals surface area contributed by atoms with E-state index in [0.29, 0.717) is 29.9 Å². The highest BCUT2D eigenvalue weighted by Gasteiger charge is 2.24. The second-order valence-electron chi connectivity index (χ2n) is 8.57. The Kier molecular flexibility index (Phi) is 8.65. The molecule has 8 heteroatoms. The van der Waals surface area contributed by atoms with Crippen molar-refractivity contribution in [3.05, 3.63) is 95.6 Å². The molecule has 3 aromatic rings. The molecule has 3 rings (SSSR count). The SMILES string of the molecule is CC(C)c1ccccc1N(CC(=O)Nc1ccccc1C(=O)NCCc1ccccc1)S(C)(=O)=O. The van der Waals surface area contributed by atoms with E-state index in [0.717, 1.165) is 21.7 Å². The Bertz CT molecular complexity index is 1270. The maximum Gasteiger partial charge on any atom is 0.253 e. The van der Waals surface area contributed by atoms with E-state index in [4.69, 9.17) is 0 Å². The summed E-state index contributed by atoms with van der Waals surface area (Å²) >= 11 is 0. The predicted octanol–water partition coefficient (Wildman–Crippen LogP) is 4.19. The Hall–Kier alpha value is -3.65. The Morgan fingerprint density at radius 3 is 2.20 bits per heavy atom. The zero-order chi connectivity index (χ0) is 25.4. The fraction of sp³-hybridized carbons (Fsp3) is 0.259. The molecule has 2 amide bonds. The summed E-state index contributed by atoms with van der Waals surface area (Å²) in [5.74, 6) is -0.792. The maximum absolute atomic E-state index is 12.9. The molecule has 0 unspecified atom stereocenters. The van der Waals surface area contributed by atoms with Crippen molar-refractivity contribution < 1.29 is 18.0 Å². The van der Waals surface area contributed by atoms with E-state index in [1.807, 2.05) is 56.3 Å². The molecule has 0 aliphatic rings. The van der Waals surface area contributed by atoms with Crippen LogP contribution in [-0.2, 0) is 21.2 Å². The number of carbonyl (C=O) groups is 2. The Morgan fingerprint density at radius 2 is 1.51 bits per heavy atom. The van der Waals surface area contributed by atoms with Crippen molar-refractivity contribution in [2.24, 2.45) is 0 Å². The highest BCUT2D eigenvalue weighted by Crippen LogP contribution is 2.29. The standard InChI is InChI=1S/C27H31N3O4S/c1-20(2)22-13-8-10-16-25(22)30(35(3,33)34)19-26(31)29-24-15-9-7-14-23(24)27(32)28-18-17-21-11-5-4-6-12-21/h4-16,20H,17-19H2,1-3H3,(H,28,32)(H,29,31). The Balaban J connectivity index is 1.73. The van der Waals surface area contributed by atoms with Gasteiger partial charge in [0.25, 0.3) is 5.91 Å². The molecule has 0 saturated carbocycles. The molecule has 0 fully saturated rings. The van der Waals surface area contributed by atoms with E-state index in [1.54, 1.807) is 36.4 Å². The van der Waals surface area contributed by atoms with Gasteiger partial charge in [-0.3, -0.25) is 13.9 Å². The number of amides is 2. The average molecular weight is 494 g/mol. The number of nitrogens with zero attached hydrogens (tertiary/aromatic N) is 1. The fourth-order valence-corrected chi connectivity index (χ4v) is 4.63. The molecule has 0 aliphatic heterocycles. The van der Waals surface area contributed by atoms with Crippen molar-refractivity contribution in [3.63, 3.8) is 0 Å². The van der Waals surface area contributed by atoms with E-state index in [2.05, 4.69) is 10.6 Å². The van der Waals surface area contributed by atoms with E-state index >= 15 is 0 Å². The largest absolute Gasteiger partial charge is 0.352 e. The minimum absolute atomic E-state index is 0.0684. The molecule has 2 N–H and O–H groups in total. The number of sulfonamides is 1. The van der Waals surface area contributed by atoms with Crippen LogP contribution in [-0.4, -0.2) is 39.6 Å². The molecule has 7 nitrogen and oxygen atoms in total. The molecular weight excluding hydrogens is 462 g/mol. The highest BCUT2D eigenvalue weighted by molar-refractivity contribution is 7.92. The first kappa shape index (κ1) is 26.0. The van der Waals surface area contributed by atoms with Crippen molar-refractivity contribution in [2.45, 2.75) is 26.2 Å². The van der Waals surface area contributed by atoms with Crippen LogP contribution >= 0.6 is 0 Å². The smallest absolute Gasteiger partial charge is 0.253 e. The molecule has 0 aliphatic carbocycles. The van der Waals surface area contributed by atoms with Crippen molar-refractivity contribution in [1.82, 2.24) is 5.32 Å². The number of benzene rings is 3. The summed E-state index contributed by atoms with van der Waals surface area (Å²) in [5.41, 5.74) is 3.02. The average Bonchev–Trinajstić information content (AvgIpc) is 2.83. The summed E-state index contributed by atoms with van der Waals surface area (Å²) in [7, 11) is -3.73. The lowest BCUT2D eigenvalue weighted by molar-refractivity contribution is -0.114. The number of anilines is 2. The quantitative estimate of drug-likeness (QED) is 0.443. The third-order valence-electron chi connectivity index (χ3n) is 5.50. The fourth-order valence-electron chi connectivity index (χ4n) is 3.75. The monoisotopic (exact) mass is 493 g/mol. The molecular formula is C27H31N3O4S. The second-order valence-corrected chi connectivity index (χ2v) is 10.5. The van der Waals surface area contributed by atoms with E-state index in [-0.39, 0.29) is 11.8 Å². The summed E-state index contributed by atoms with van der Waals surface area (Å²) < 4.78 is 26.3. The summed E-state index contributed by atoms with van der Waals surface area (Å²) in [6, 6.07) is 23.6. The van der Waals surface area contributed by atoms with Gasteiger partial charge >= 0.3 is 0 Å². The van der Waals surface area contributed by atoms with Gasteiger partial charge in [0.15, 0.2) is 0 Å². The van der Waals surface area contributed by atoms with E-state index in [9.17, 15) is 18.0 Å². The normalized spacial score (nSPS) is 11.2. The summed E-state index contributed by atoms with van der Waals surface area (Å²) in [6.45, 7) is 3.96. The van der Waals surface area contributed by atoms with Gasteiger partial charge in [-0.2, -0.15) is 0 Å². The van der Waals surface area contributed by atoms with Crippen molar-refractivity contribution >= 4 is 33.2 Å². The Labute approximate surface area is 207 Å². The minimum Gasteiger partial charge on any atom is -0.352 e. The van der Waals surface area contributed by atoms with Gasteiger partial charge in [0.1, 0.15) is 6.54 Å². The molecule has 0 radical (unpaired) electrons. The lowest BCUT2D eigenvalue weighted by Crippen LogP contribution is -2.38. The Morgan fingerprint density at radius 1 is 0.886 bits per heavy atom. The van der Waals surface area contributed by atoms with Crippen molar-refractivity contribution in [1.29, 1.82) is 0 Å². The first-order valence-corrected chi connectivity index (χ1v) is 13.3. The van der Waals surface area contributed by atoms with Crippen molar-refractivity contribution in [3.8, 4) is 0 Å². The van der Waals surface area contributed by atoms with E-state index in [1.165, 1.54) is 0 Å². The zero-order valence-electron chi connectivity index (χ0n) is 20.2. The molecule has 0 saturated heterocycles. The van der Waals surface area contributed by atoms with Crippen LogP contribution < -0.4 is 14.9 Å². The molecule has 35 heavy (non-hydrogen) atoms. The summed E-state index contributed by atoms with van der Waals surface area (Å²) in [5, 5.41) is 5.59. The number of hydrogen-bond acceptors (Lipinski definition) is 4. The lowest BCUT2D eigenvalue weighted by atomic mass is 10.0. The summed E-state index contributed by atoms with van der Waals surface area (Å²) in [4.78, 5) is 25.7. The zero-order valence-corrected chi connectivity index (χ0v) is 21.0. The second kappa shape index (κ2) is 11.7. The molecule has 0 bridgehead atoms. The van der Waals surface area contributed by atoms with Crippen LogP contribution in [0.15, 0.2) is 78.9 Å². The first-order chi connectivity index (χ1) is 16.7. The number of nitrogens with one attached hydrogen (secondary N) is 2. The van der Waals surface area contributed by atoms with Crippen LogP contribution in [0.5, 0.6) is 0 Å². The lowest BCUT2D eigenvalue weighted by Gasteiger charge is -2.25. The highest BCUT2D eigenvalue weighted by atomic mass is 32.2. The van der Waals surface area contributed by atoms with Gasteiger partial charge < -0.3 is 10.6 Å². The number of rotatable bonds is 10. The maximum atomic E-state index is 12.9. The molecule has 0 spiro atoms. The topological polar surface area (TPSA) is 95.6 Å². The van der Waals surface area contributed by atoms with Crippen LogP contribution in [0.25, 0.3) is 0 Å². The molecule has 3 aromatic carbocycles. The van der Waals surface area contributed by atoms with Gasteiger partial charge in [-0.05, 0) is 41.7 Å². The van der Waals surface area contributed by atoms with Crippen LogP contribution in [0.1, 0.15) is 41.3 Å². The van der Waals surface area contributed by atoms with Gasteiger partial charge in [-0.1, -0.05) is 74.5 Å². The van der Waals surface area contributed by atoms with Gasteiger partial charge in [0, 0.05) is 6.54 Å². The van der Waals surface area contributed by atoms with Crippen LogP contribution in [0, 0.1) is 0 Å². The van der Waals surface area contributed by atoms with Gasteiger partial charge in [-0.25, -0.2) is 8.42 Å². The predicted molar refractivity (Wildman–Crippen MR) is 140 cm³/mol. The molecule has 0 aromatic heterocycles. The summed E-state index contributed by atoms with van der Waals surface area (Å²) in [6.07, 6.45) is 1.76. The third-order valence-corrected chi connectivity index (χ3v) is 6.63. The van der Waals surface area contributed by atoms with Gasteiger partial charge in [0.05, 0.1) is 23.2 Å². The van der Waals surface area contributed by atoms with Gasteiger partial charge in [-0.15, -0.1) is 0 Å². The van der Waals surface area contributed by atoms with Crippen LogP contribution in [0.4, 0.5) is 11.4 Å². The number of hydrogen-bond donors (Lipinski definition) is 2.